The van der Waals surface area contributed by atoms with Gasteiger partial charge in [-0.15, -0.1) is 0 Å². The van der Waals surface area contributed by atoms with E-state index in [0.29, 0.717) is 11.0 Å². The summed E-state index contributed by atoms with van der Waals surface area (Å²) in [7, 11) is 0. The van der Waals surface area contributed by atoms with Gasteiger partial charge in [-0.2, -0.15) is 13.8 Å². The topological polar surface area (TPSA) is 211 Å². The highest BCUT2D eigenvalue weighted by Crippen LogP contribution is 2.42. The molecule has 1 amide bonds. The summed E-state index contributed by atoms with van der Waals surface area (Å²) in [6, 6.07) is 4.80. The van der Waals surface area contributed by atoms with E-state index in [-0.39, 0.29) is 35.1 Å². The highest BCUT2D eigenvalue weighted by molar-refractivity contribution is 5.83. The van der Waals surface area contributed by atoms with Crippen molar-refractivity contribution in [2.24, 2.45) is 11.8 Å². The van der Waals surface area contributed by atoms with E-state index in [0.717, 1.165) is 18.3 Å². The van der Waals surface area contributed by atoms with Gasteiger partial charge < -0.3 is 33.9 Å². The van der Waals surface area contributed by atoms with Gasteiger partial charge in [0.15, 0.2) is 18.0 Å². The lowest BCUT2D eigenvalue weighted by molar-refractivity contribution is -0.387. The standard InChI is InChI=1S/C28H34F2N4O12/c1-5-18-13(2)14(3)22(43-15(4)36)24(44-18)45-19-7-6-16(10-17(19)34(40)41)12-42-27(39)32-21-8-9-33(26(38)31-21)25-28(29,30)23(37)20(11-35)46-25/h6-10,13-14,18,20,22-25,35,37H,5,11-12H2,1-4H3,(H,31,32,38,39)/t13-,14+,18?,20-,22?,23+,24+,25-/m1/s1. The van der Waals surface area contributed by atoms with Crippen molar-refractivity contribution in [1.82, 2.24) is 9.55 Å². The largest absolute Gasteiger partial charge is 0.456 e. The Labute approximate surface area is 260 Å². The second-order valence-electron chi connectivity index (χ2n) is 11.0. The summed E-state index contributed by atoms with van der Waals surface area (Å²) in [6.45, 7) is 5.61. The van der Waals surface area contributed by atoms with Crippen molar-refractivity contribution in [1.29, 1.82) is 0 Å². The number of esters is 1. The van der Waals surface area contributed by atoms with Gasteiger partial charge in [-0.3, -0.25) is 24.8 Å². The van der Waals surface area contributed by atoms with E-state index in [1.165, 1.54) is 19.1 Å². The number of ether oxygens (including phenoxy) is 5. The summed E-state index contributed by atoms with van der Waals surface area (Å²) in [5.41, 5.74) is -1.55. The van der Waals surface area contributed by atoms with Crippen LogP contribution in [0.25, 0.3) is 0 Å². The summed E-state index contributed by atoms with van der Waals surface area (Å²) in [5, 5.41) is 32.8. The number of nitrogens with zero attached hydrogens (tertiary/aromatic N) is 3. The molecule has 1 aromatic carbocycles. The quantitative estimate of drug-likeness (QED) is 0.191. The minimum atomic E-state index is -3.92. The van der Waals surface area contributed by atoms with Crippen LogP contribution >= 0.6 is 0 Å². The predicted molar refractivity (Wildman–Crippen MR) is 151 cm³/mol. The number of hydrogen-bond acceptors (Lipinski definition) is 13. The fraction of sp³-hybridized carbons (Fsp3) is 0.571. The first-order valence-electron chi connectivity index (χ1n) is 14.3. The van der Waals surface area contributed by atoms with E-state index in [2.05, 4.69) is 10.3 Å². The number of alkyl halides is 2. The molecule has 4 rings (SSSR count). The molecule has 2 aromatic rings. The average Bonchev–Trinajstić information content (AvgIpc) is 3.23. The lowest BCUT2D eigenvalue weighted by atomic mass is 9.82. The van der Waals surface area contributed by atoms with Crippen LogP contribution in [0.1, 0.15) is 45.9 Å². The number of aromatic nitrogens is 2. The number of hydrogen-bond donors (Lipinski definition) is 3. The number of halogens is 2. The first-order chi connectivity index (χ1) is 21.7. The molecule has 18 heteroatoms. The molecule has 3 heterocycles. The van der Waals surface area contributed by atoms with Crippen LogP contribution in [0.2, 0.25) is 0 Å². The maximum Gasteiger partial charge on any atom is 0.413 e. The maximum atomic E-state index is 14.4. The molecule has 0 bridgehead atoms. The molecule has 2 saturated heterocycles. The van der Waals surface area contributed by atoms with Crippen LogP contribution in [-0.4, -0.2) is 80.0 Å². The molecule has 2 fully saturated rings. The number of aliphatic hydroxyl groups excluding tert-OH is 2. The monoisotopic (exact) mass is 656 g/mol. The molecule has 2 aliphatic heterocycles. The Balaban J connectivity index is 1.42. The molecule has 0 radical (unpaired) electrons. The number of amides is 1. The lowest BCUT2D eigenvalue weighted by Crippen LogP contribution is -2.53. The normalized spacial score (nSPS) is 28.7. The number of aliphatic hydroxyl groups is 2. The fourth-order valence-electron chi connectivity index (χ4n) is 5.27. The predicted octanol–water partition coefficient (Wildman–Crippen LogP) is 2.50. The summed E-state index contributed by atoms with van der Waals surface area (Å²) in [6.07, 6.45) is -8.08. The Bertz CT molecular complexity index is 1510. The summed E-state index contributed by atoms with van der Waals surface area (Å²) in [5.74, 6) is -5.18. The molecular weight excluding hydrogens is 622 g/mol. The highest BCUT2D eigenvalue weighted by atomic mass is 19.3. The number of anilines is 1. The maximum absolute atomic E-state index is 14.4. The molecule has 2 unspecified atom stereocenters. The number of nitrogens with one attached hydrogen (secondary N) is 1. The third-order valence-electron chi connectivity index (χ3n) is 7.92. The van der Waals surface area contributed by atoms with Crippen LogP contribution in [0.15, 0.2) is 35.3 Å². The number of carbonyl (C=O) groups excluding carboxylic acids is 2. The van der Waals surface area contributed by atoms with Gasteiger partial charge in [-0.05, 0) is 30.0 Å². The minimum Gasteiger partial charge on any atom is -0.456 e. The Morgan fingerprint density at radius 1 is 1.20 bits per heavy atom. The van der Waals surface area contributed by atoms with Crippen LogP contribution in [0.5, 0.6) is 5.75 Å². The van der Waals surface area contributed by atoms with Gasteiger partial charge in [0, 0.05) is 25.1 Å². The Morgan fingerprint density at radius 2 is 1.91 bits per heavy atom. The number of carbonyl (C=O) groups is 2. The molecule has 46 heavy (non-hydrogen) atoms. The summed E-state index contributed by atoms with van der Waals surface area (Å²) < 4.78 is 56.5. The molecule has 8 atom stereocenters. The van der Waals surface area contributed by atoms with Gasteiger partial charge in [0.2, 0.25) is 12.5 Å². The smallest absolute Gasteiger partial charge is 0.413 e. The Hall–Kier alpha value is -4.26. The minimum absolute atomic E-state index is 0.0155. The molecule has 252 valence electrons. The number of nitro groups is 1. The molecular formula is C28H34F2N4O12. The van der Waals surface area contributed by atoms with Gasteiger partial charge in [0.25, 0.3) is 0 Å². The van der Waals surface area contributed by atoms with Gasteiger partial charge in [0.05, 0.1) is 17.6 Å². The van der Waals surface area contributed by atoms with Crippen molar-refractivity contribution in [3.8, 4) is 5.75 Å². The number of benzene rings is 1. The van der Waals surface area contributed by atoms with Gasteiger partial charge >= 0.3 is 29.4 Å². The second kappa shape index (κ2) is 14.0. The number of nitro benzene ring substituents is 1. The number of rotatable bonds is 10. The third kappa shape index (κ3) is 7.24. The lowest BCUT2D eigenvalue weighted by Gasteiger charge is -2.43. The van der Waals surface area contributed by atoms with Crippen molar-refractivity contribution < 1.29 is 57.2 Å². The van der Waals surface area contributed by atoms with Gasteiger partial charge in [0.1, 0.15) is 18.5 Å². The highest BCUT2D eigenvalue weighted by Gasteiger charge is 2.59. The van der Waals surface area contributed by atoms with Crippen LogP contribution in [0.4, 0.5) is 25.1 Å². The van der Waals surface area contributed by atoms with E-state index in [1.807, 2.05) is 20.8 Å². The first-order valence-corrected chi connectivity index (χ1v) is 14.3. The molecule has 3 N–H and O–H groups in total. The SMILES string of the molecule is CCC1O[C@@H](Oc2ccc(COC(=O)Nc3ccn([C@@H]4O[C@H](CO)[C@H](O)C4(F)F)c(=O)n3)cc2[N+](=O)[O-])C(OC(C)=O)[C@@H](C)[C@H]1C. The van der Waals surface area contributed by atoms with E-state index >= 15 is 0 Å². The van der Waals surface area contributed by atoms with Crippen molar-refractivity contribution in [3.05, 3.63) is 56.6 Å². The molecule has 0 saturated carbocycles. The summed E-state index contributed by atoms with van der Waals surface area (Å²) >= 11 is 0. The van der Waals surface area contributed by atoms with E-state index < -0.39 is 78.3 Å². The first kappa shape index (κ1) is 34.6. The van der Waals surface area contributed by atoms with Gasteiger partial charge in [-0.1, -0.05) is 26.8 Å². The zero-order chi connectivity index (χ0) is 33.9. The molecule has 16 nitrogen and oxygen atoms in total. The molecule has 1 aromatic heterocycles. The molecule has 0 aliphatic carbocycles. The van der Waals surface area contributed by atoms with Gasteiger partial charge in [-0.25, -0.2) is 9.59 Å². The second-order valence-corrected chi connectivity index (χ2v) is 11.0. The zero-order valence-electron chi connectivity index (χ0n) is 25.2. The average molecular weight is 657 g/mol. The third-order valence-corrected chi connectivity index (χ3v) is 7.92. The molecule has 0 spiro atoms. The van der Waals surface area contributed by atoms with E-state index in [1.54, 1.807) is 0 Å². The Kier molecular flexibility index (Phi) is 10.5. The van der Waals surface area contributed by atoms with Crippen LogP contribution in [-0.2, 0) is 30.3 Å². The van der Waals surface area contributed by atoms with E-state index in [9.17, 15) is 38.4 Å². The summed E-state index contributed by atoms with van der Waals surface area (Å²) in [4.78, 5) is 51.2. The van der Waals surface area contributed by atoms with E-state index in [4.69, 9.17) is 28.8 Å². The van der Waals surface area contributed by atoms with Crippen molar-refractivity contribution in [2.45, 2.75) is 83.6 Å². The van der Waals surface area contributed by atoms with Crippen molar-refractivity contribution in [2.75, 3.05) is 11.9 Å². The molecule has 2 aliphatic rings. The van der Waals surface area contributed by atoms with Crippen molar-refractivity contribution >= 4 is 23.6 Å². The Morgan fingerprint density at radius 3 is 2.50 bits per heavy atom. The zero-order valence-corrected chi connectivity index (χ0v) is 25.2. The van der Waals surface area contributed by atoms with Crippen LogP contribution in [0.3, 0.4) is 0 Å². The van der Waals surface area contributed by atoms with Crippen molar-refractivity contribution in [3.63, 3.8) is 0 Å². The van der Waals surface area contributed by atoms with Crippen LogP contribution in [0, 0.1) is 22.0 Å². The van der Waals surface area contributed by atoms with Crippen LogP contribution < -0.4 is 15.7 Å². The fourth-order valence-corrected chi connectivity index (χ4v) is 5.27.